The largest absolute Gasteiger partial charge is 0.505 e. The number of aromatic nitrogens is 2. The summed E-state index contributed by atoms with van der Waals surface area (Å²) in [5, 5.41) is 11.6. The lowest BCUT2D eigenvalue weighted by Crippen LogP contribution is -2.33. The van der Waals surface area contributed by atoms with E-state index in [0.717, 1.165) is 19.6 Å². The summed E-state index contributed by atoms with van der Waals surface area (Å²) in [7, 11) is 3.05. The van der Waals surface area contributed by atoms with E-state index >= 15 is 0 Å². The minimum absolute atomic E-state index is 0.00754. The van der Waals surface area contributed by atoms with E-state index < -0.39 is 17.7 Å². The Bertz CT molecular complexity index is 1340. The second kappa shape index (κ2) is 11.0. The standard InChI is InChI=1S/C28H34N4O5/c1-6-30(7-2)15-11-17-32-24(19-12-10-13-20(36-4)27(19)37-5)22(26(34)28(32)35)25(33)23-18(3)29-21-14-8-9-16-31(21)23/h8-10,12-14,16,24,33H,6-7,11,15,17H2,1-5H3/b25-22+. The quantitative estimate of drug-likeness (QED) is 0.254. The highest BCUT2D eigenvalue weighted by molar-refractivity contribution is 6.46. The van der Waals surface area contributed by atoms with Crippen LogP contribution in [0.5, 0.6) is 11.5 Å². The number of pyridine rings is 1. The summed E-state index contributed by atoms with van der Waals surface area (Å²) in [4.78, 5) is 35.3. The van der Waals surface area contributed by atoms with Crippen LogP contribution in [-0.2, 0) is 9.59 Å². The number of aryl methyl sites for hydroxylation is 1. The van der Waals surface area contributed by atoms with Crippen LogP contribution in [0.4, 0.5) is 0 Å². The third-order valence-corrected chi connectivity index (χ3v) is 6.96. The maximum Gasteiger partial charge on any atom is 0.295 e. The number of carbonyl (C=O) groups is 2. The number of likely N-dealkylation sites (tertiary alicyclic amines) is 1. The van der Waals surface area contributed by atoms with Gasteiger partial charge in [-0.15, -0.1) is 0 Å². The third kappa shape index (κ3) is 4.67. The van der Waals surface area contributed by atoms with Gasteiger partial charge in [0.15, 0.2) is 17.3 Å². The van der Waals surface area contributed by atoms with Crippen molar-refractivity contribution < 1.29 is 24.2 Å². The van der Waals surface area contributed by atoms with Crippen molar-refractivity contribution in [2.45, 2.75) is 33.2 Å². The number of Topliss-reactive ketones (excluding diaryl/α,β-unsaturated/α-hetero) is 1. The molecule has 37 heavy (non-hydrogen) atoms. The number of ketones is 1. The van der Waals surface area contributed by atoms with Crippen molar-refractivity contribution in [3.8, 4) is 11.5 Å². The first-order valence-electron chi connectivity index (χ1n) is 12.5. The molecule has 1 aliphatic heterocycles. The van der Waals surface area contributed by atoms with E-state index in [1.165, 1.54) is 19.1 Å². The Morgan fingerprint density at radius 1 is 1.08 bits per heavy atom. The molecule has 1 unspecified atom stereocenters. The van der Waals surface area contributed by atoms with Crippen LogP contribution in [0.15, 0.2) is 48.2 Å². The second-order valence-corrected chi connectivity index (χ2v) is 8.93. The number of aliphatic hydroxyl groups is 1. The molecule has 0 saturated carbocycles. The Hall–Kier alpha value is -3.85. The number of benzene rings is 1. The van der Waals surface area contributed by atoms with Gasteiger partial charge in [-0.1, -0.05) is 32.0 Å². The molecule has 1 atom stereocenters. The molecule has 0 spiro atoms. The lowest BCUT2D eigenvalue weighted by Gasteiger charge is -2.28. The van der Waals surface area contributed by atoms with E-state index in [1.807, 2.05) is 18.2 Å². The molecule has 3 heterocycles. The summed E-state index contributed by atoms with van der Waals surface area (Å²) in [6.07, 6.45) is 2.44. The molecule has 1 N–H and O–H groups in total. The predicted octanol–water partition coefficient (Wildman–Crippen LogP) is 3.81. The smallest absolute Gasteiger partial charge is 0.295 e. The number of rotatable bonds is 10. The van der Waals surface area contributed by atoms with Gasteiger partial charge < -0.3 is 24.4 Å². The van der Waals surface area contributed by atoms with Crippen molar-refractivity contribution in [2.24, 2.45) is 0 Å². The number of aliphatic hydroxyl groups excluding tert-OH is 1. The van der Waals surface area contributed by atoms with Gasteiger partial charge in [0.25, 0.3) is 11.7 Å². The number of methoxy groups -OCH3 is 2. The topological polar surface area (TPSA) is 96.6 Å². The Morgan fingerprint density at radius 2 is 1.84 bits per heavy atom. The molecule has 9 heteroatoms. The summed E-state index contributed by atoms with van der Waals surface area (Å²) in [5.74, 6) is -0.773. The molecule has 9 nitrogen and oxygen atoms in total. The zero-order chi connectivity index (χ0) is 26.7. The number of hydrogen-bond acceptors (Lipinski definition) is 7. The van der Waals surface area contributed by atoms with Crippen LogP contribution in [0.2, 0.25) is 0 Å². The van der Waals surface area contributed by atoms with E-state index in [2.05, 4.69) is 23.7 Å². The highest BCUT2D eigenvalue weighted by atomic mass is 16.5. The molecule has 0 radical (unpaired) electrons. The number of fused-ring (bicyclic) bond motifs is 1. The van der Waals surface area contributed by atoms with Crippen LogP contribution in [0, 0.1) is 6.92 Å². The van der Waals surface area contributed by atoms with Crippen LogP contribution in [0.25, 0.3) is 11.4 Å². The third-order valence-electron chi connectivity index (χ3n) is 6.96. The van der Waals surface area contributed by atoms with Crippen molar-refractivity contribution in [1.29, 1.82) is 0 Å². The van der Waals surface area contributed by atoms with Crippen molar-refractivity contribution in [2.75, 3.05) is 40.4 Å². The molecule has 3 aromatic rings. The van der Waals surface area contributed by atoms with Gasteiger partial charge in [0.2, 0.25) is 0 Å². The molecule has 196 valence electrons. The van der Waals surface area contributed by atoms with E-state index in [-0.39, 0.29) is 11.3 Å². The first-order valence-corrected chi connectivity index (χ1v) is 12.5. The van der Waals surface area contributed by atoms with Crippen LogP contribution >= 0.6 is 0 Å². The SMILES string of the molecule is CCN(CC)CCCN1C(=O)C(=O)/C(=C(/O)c2c(C)nc3ccccn23)C1c1cccc(OC)c1OC. The van der Waals surface area contributed by atoms with Crippen LogP contribution < -0.4 is 9.47 Å². The van der Waals surface area contributed by atoms with Crippen molar-refractivity contribution >= 4 is 23.1 Å². The van der Waals surface area contributed by atoms with Crippen molar-refractivity contribution in [1.82, 2.24) is 19.2 Å². The van der Waals surface area contributed by atoms with Crippen molar-refractivity contribution in [3.05, 3.63) is 65.1 Å². The number of para-hydroxylation sites is 1. The Kier molecular flexibility index (Phi) is 7.83. The zero-order valence-electron chi connectivity index (χ0n) is 22.0. The lowest BCUT2D eigenvalue weighted by molar-refractivity contribution is -0.140. The molecule has 0 aliphatic carbocycles. The van der Waals surface area contributed by atoms with E-state index in [1.54, 1.807) is 35.7 Å². The number of amides is 1. The van der Waals surface area contributed by atoms with Gasteiger partial charge >= 0.3 is 0 Å². The second-order valence-electron chi connectivity index (χ2n) is 8.93. The summed E-state index contributed by atoms with van der Waals surface area (Å²) < 4.78 is 12.9. The monoisotopic (exact) mass is 506 g/mol. The normalized spacial score (nSPS) is 17.2. The molecule has 1 aromatic carbocycles. The number of nitrogens with zero attached hydrogens (tertiary/aromatic N) is 4. The van der Waals surface area contributed by atoms with Gasteiger partial charge in [-0.05, 0) is 51.2 Å². The average Bonchev–Trinajstić information content (AvgIpc) is 3.38. The molecule has 1 amide bonds. The van der Waals surface area contributed by atoms with Crippen molar-refractivity contribution in [3.63, 3.8) is 0 Å². The maximum atomic E-state index is 13.5. The summed E-state index contributed by atoms with van der Waals surface area (Å²) in [6.45, 7) is 8.87. The van der Waals surface area contributed by atoms with Gasteiger partial charge in [-0.2, -0.15) is 0 Å². The predicted molar refractivity (Wildman–Crippen MR) is 141 cm³/mol. The highest BCUT2D eigenvalue weighted by Crippen LogP contribution is 2.45. The van der Waals surface area contributed by atoms with Gasteiger partial charge in [0, 0.05) is 18.3 Å². The lowest BCUT2D eigenvalue weighted by atomic mass is 9.95. The summed E-state index contributed by atoms with van der Waals surface area (Å²) >= 11 is 0. The Balaban J connectivity index is 1.89. The van der Waals surface area contributed by atoms with Crippen LogP contribution in [-0.4, -0.2) is 76.4 Å². The van der Waals surface area contributed by atoms with E-state index in [9.17, 15) is 14.7 Å². The number of imidazole rings is 1. The fourth-order valence-corrected chi connectivity index (χ4v) is 5.09. The fraction of sp³-hybridized carbons (Fsp3) is 0.393. The molecule has 1 saturated heterocycles. The van der Waals surface area contributed by atoms with Gasteiger partial charge in [0.1, 0.15) is 11.3 Å². The molecule has 1 fully saturated rings. The minimum Gasteiger partial charge on any atom is -0.505 e. The Morgan fingerprint density at radius 3 is 2.51 bits per heavy atom. The summed E-state index contributed by atoms with van der Waals surface area (Å²) in [5.41, 5.74) is 2.13. The van der Waals surface area contributed by atoms with E-state index in [4.69, 9.17) is 9.47 Å². The summed E-state index contributed by atoms with van der Waals surface area (Å²) in [6, 6.07) is 9.97. The number of carbonyl (C=O) groups excluding carboxylic acids is 2. The molecular weight excluding hydrogens is 472 g/mol. The minimum atomic E-state index is -0.851. The maximum absolute atomic E-state index is 13.5. The molecule has 2 aromatic heterocycles. The molecule has 0 bridgehead atoms. The van der Waals surface area contributed by atoms with Gasteiger partial charge in [-0.25, -0.2) is 4.98 Å². The first-order chi connectivity index (χ1) is 17.9. The zero-order valence-corrected chi connectivity index (χ0v) is 22.0. The molecule has 1 aliphatic rings. The Labute approximate surface area is 216 Å². The highest BCUT2D eigenvalue weighted by Gasteiger charge is 2.47. The fourth-order valence-electron chi connectivity index (χ4n) is 5.09. The van der Waals surface area contributed by atoms with Crippen LogP contribution in [0.1, 0.15) is 43.3 Å². The molecular formula is C28H34N4O5. The number of ether oxygens (including phenoxy) is 2. The number of hydrogen-bond donors (Lipinski definition) is 1. The van der Waals surface area contributed by atoms with E-state index in [0.29, 0.717) is 47.1 Å². The average molecular weight is 507 g/mol. The van der Waals surface area contributed by atoms with Crippen LogP contribution in [0.3, 0.4) is 0 Å². The van der Waals surface area contributed by atoms with Gasteiger partial charge in [0.05, 0.1) is 31.5 Å². The molecule has 4 rings (SSSR count). The first kappa shape index (κ1) is 26.2. The van der Waals surface area contributed by atoms with Gasteiger partial charge in [-0.3, -0.25) is 14.0 Å².